The number of hydrogen-bond donors (Lipinski definition) is 0. The standard InChI is InChI=1S/C6H15N2O2PS2/c1-8(2)6(13-5)7-11(12,9-3)10-4/h1-5H3/b7-6-. The summed E-state index contributed by atoms with van der Waals surface area (Å²) in [4.78, 5) is 1.88. The molecule has 0 saturated heterocycles. The van der Waals surface area contributed by atoms with Crippen LogP contribution in [0.5, 0.6) is 0 Å². The number of rotatable bonds is 3. The van der Waals surface area contributed by atoms with E-state index < -0.39 is 6.64 Å². The molecule has 13 heavy (non-hydrogen) atoms. The van der Waals surface area contributed by atoms with Gasteiger partial charge in [0.2, 0.25) is 0 Å². The third-order valence-corrected chi connectivity index (χ3v) is 4.69. The molecule has 7 heteroatoms. The zero-order valence-corrected chi connectivity index (χ0v) is 11.0. The first kappa shape index (κ1) is 13.4. The molecule has 0 aliphatic rings. The van der Waals surface area contributed by atoms with Gasteiger partial charge in [0.25, 0.3) is 0 Å². The van der Waals surface area contributed by atoms with E-state index in [0.29, 0.717) is 0 Å². The van der Waals surface area contributed by atoms with Crippen LogP contribution in [0.15, 0.2) is 4.76 Å². The van der Waals surface area contributed by atoms with E-state index in [4.69, 9.17) is 20.9 Å². The molecule has 0 aromatic heterocycles. The molecule has 0 heterocycles. The molecule has 0 aromatic rings. The van der Waals surface area contributed by atoms with E-state index in [2.05, 4.69) is 4.76 Å². The van der Waals surface area contributed by atoms with Gasteiger partial charge in [0.1, 0.15) is 0 Å². The molecule has 0 spiro atoms. The van der Waals surface area contributed by atoms with Crippen LogP contribution >= 0.6 is 18.4 Å². The van der Waals surface area contributed by atoms with Crippen molar-refractivity contribution in [3.05, 3.63) is 0 Å². The van der Waals surface area contributed by atoms with Crippen molar-refractivity contribution in [1.29, 1.82) is 0 Å². The summed E-state index contributed by atoms with van der Waals surface area (Å²) < 4.78 is 14.3. The molecule has 0 N–H and O–H groups in total. The summed E-state index contributed by atoms with van der Waals surface area (Å²) >= 11 is 6.62. The van der Waals surface area contributed by atoms with Crippen LogP contribution in [0.4, 0.5) is 0 Å². The molecule has 0 rings (SSSR count). The molecule has 0 atom stereocenters. The Morgan fingerprint density at radius 1 is 1.38 bits per heavy atom. The van der Waals surface area contributed by atoms with Crippen LogP contribution < -0.4 is 0 Å². The largest absolute Gasteiger partial charge is 0.357 e. The van der Waals surface area contributed by atoms with Crippen LogP contribution in [0.1, 0.15) is 0 Å². The molecular formula is C6H15N2O2PS2. The summed E-state index contributed by atoms with van der Waals surface area (Å²) in [5.41, 5.74) is 0. The fraction of sp³-hybridized carbons (Fsp3) is 0.833. The molecule has 0 unspecified atom stereocenters. The van der Waals surface area contributed by atoms with Crippen molar-refractivity contribution in [2.24, 2.45) is 4.76 Å². The number of hydrogen-bond acceptors (Lipinski definition) is 4. The van der Waals surface area contributed by atoms with Crippen LogP contribution in [0.3, 0.4) is 0 Å². The van der Waals surface area contributed by atoms with Crippen molar-refractivity contribution in [3.63, 3.8) is 0 Å². The van der Waals surface area contributed by atoms with Crippen molar-refractivity contribution in [2.75, 3.05) is 34.6 Å². The summed E-state index contributed by atoms with van der Waals surface area (Å²) in [5, 5.41) is 0.812. The molecular weight excluding hydrogens is 227 g/mol. The fourth-order valence-electron chi connectivity index (χ4n) is 0.574. The minimum atomic E-state index is -2.45. The zero-order chi connectivity index (χ0) is 10.5. The predicted molar refractivity (Wildman–Crippen MR) is 62.9 cm³/mol. The van der Waals surface area contributed by atoms with E-state index in [-0.39, 0.29) is 0 Å². The van der Waals surface area contributed by atoms with Gasteiger partial charge in [0.05, 0.1) is 0 Å². The van der Waals surface area contributed by atoms with Gasteiger partial charge in [-0.25, -0.2) is 0 Å². The van der Waals surface area contributed by atoms with Gasteiger partial charge in [-0.15, -0.1) is 0 Å². The molecule has 0 aliphatic carbocycles. The minimum Gasteiger partial charge on any atom is -0.357 e. The third-order valence-electron chi connectivity index (χ3n) is 1.23. The third kappa shape index (κ3) is 4.42. The average molecular weight is 242 g/mol. The fourth-order valence-corrected chi connectivity index (χ4v) is 2.68. The van der Waals surface area contributed by atoms with Gasteiger partial charge in [0.15, 0.2) is 5.17 Å². The smallest absolute Gasteiger partial charge is 0.310 e. The second kappa shape index (κ2) is 5.98. The van der Waals surface area contributed by atoms with Gasteiger partial charge >= 0.3 is 6.64 Å². The highest BCUT2D eigenvalue weighted by atomic mass is 32.5. The normalized spacial score (nSPS) is 13.2. The Labute approximate surface area is 88.9 Å². The Kier molecular flexibility index (Phi) is 6.16. The van der Waals surface area contributed by atoms with Gasteiger partial charge in [-0.2, -0.15) is 4.76 Å². The Morgan fingerprint density at radius 3 is 2.08 bits per heavy atom. The van der Waals surface area contributed by atoms with E-state index >= 15 is 0 Å². The quantitative estimate of drug-likeness (QED) is 0.428. The number of amidine groups is 1. The lowest BCUT2D eigenvalue weighted by molar-refractivity contribution is 0.338. The molecule has 0 aliphatic heterocycles. The number of nitrogens with zero attached hydrogens (tertiary/aromatic N) is 2. The summed E-state index contributed by atoms with van der Waals surface area (Å²) in [6.45, 7) is -2.45. The average Bonchev–Trinajstić information content (AvgIpc) is 2.13. The minimum absolute atomic E-state index is 0.812. The lowest BCUT2D eigenvalue weighted by atomic mass is 10.9. The van der Waals surface area contributed by atoms with Gasteiger partial charge in [0, 0.05) is 28.3 Å². The second-order valence-electron chi connectivity index (χ2n) is 2.31. The van der Waals surface area contributed by atoms with Crippen molar-refractivity contribution >= 4 is 35.4 Å². The number of thioether (sulfide) groups is 1. The highest BCUT2D eigenvalue weighted by Gasteiger charge is 2.15. The van der Waals surface area contributed by atoms with Crippen LogP contribution in [-0.4, -0.2) is 44.6 Å². The van der Waals surface area contributed by atoms with E-state index in [9.17, 15) is 0 Å². The summed E-state index contributed by atoms with van der Waals surface area (Å²) in [6, 6.07) is 0. The van der Waals surface area contributed by atoms with Crippen LogP contribution in [0.25, 0.3) is 0 Å². The maximum Gasteiger partial charge on any atom is 0.310 e. The highest BCUT2D eigenvalue weighted by Crippen LogP contribution is 2.49. The first-order valence-corrected chi connectivity index (χ1v) is 7.33. The molecule has 0 radical (unpaired) electrons. The molecule has 0 saturated carbocycles. The SMILES string of the molecule is COP(=S)(/N=C(\SC)N(C)C)OC. The van der Waals surface area contributed by atoms with Crippen LogP contribution in [0.2, 0.25) is 0 Å². The van der Waals surface area contributed by atoms with Gasteiger partial charge < -0.3 is 13.9 Å². The monoisotopic (exact) mass is 242 g/mol. The molecule has 0 bridgehead atoms. The summed E-state index contributed by atoms with van der Waals surface area (Å²) in [7, 11) is 6.84. The lowest BCUT2D eigenvalue weighted by Crippen LogP contribution is -2.18. The molecule has 0 amide bonds. The van der Waals surface area contributed by atoms with Crippen molar-refractivity contribution in [3.8, 4) is 0 Å². The summed E-state index contributed by atoms with van der Waals surface area (Å²) in [6.07, 6.45) is 1.93. The van der Waals surface area contributed by atoms with E-state index in [1.165, 1.54) is 26.0 Å². The second-order valence-corrected chi connectivity index (χ2v) is 6.34. The summed E-state index contributed by atoms with van der Waals surface area (Å²) in [5.74, 6) is 0. The lowest BCUT2D eigenvalue weighted by Gasteiger charge is -2.18. The topological polar surface area (TPSA) is 34.1 Å². The van der Waals surface area contributed by atoms with E-state index in [1.807, 2.05) is 25.3 Å². The van der Waals surface area contributed by atoms with Gasteiger partial charge in [-0.3, -0.25) is 0 Å². The Hall–Kier alpha value is 0.390. The van der Waals surface area contributed by atoms with E-state index in [0.717, 1.165) is 5.17 Å². The Bertz CT molecular complexity index is 225. The zero-order valence-electron chi connectivity index (χ0n) is 8.47. The Morgan fingerprint density at radius 2 is 1.85 bits per heavy atom. The van der Waals surface area contributed by atoms with Crippen molar-refractivity contribution in [1.82, 2.24) is 4.90 Å². The van der Waals surface area contributed by atoms with Crippen molar-refractivity contribution < 1.29 is 9.05 Å². The van der Waals surface area contributed by atoms with Crippen LogP contribution in [0, 0.1) is 0 Å². The molecule has 4 nitrogen and oxygen atoms in total. The van der Waals surface area contributed by atoms with Gasteiger partial charge in [-0.05, 0) is 18.1 Å². The van der Waals surface area contributed by atoms with Gasteiger partial charge in [-0.1, -0.05) is 11.8 Å². The predicted octanol–water partition coefficient (Wildman–Crippen LogP) is 1.78. The maximum absolute atomic E-state index is 5.11. The van der Waals surface area contributed by atoms with Crippen molar-refractivity contribution in [2.45, 2.75) is 0 Å². The van der Waals surface area contributed by atoms with E-state index in [1.54, 1.807) is 0 Å². The van der Waals surface area contributed by atoms with Crippen LogP contribution in [-0.2, 0) is 20.9 Å². The first-order valence-electron chi connectivity index (χ1n) is 3.52. The molecule has 0 fully saturated rings. The highest BCUT2D eigenvalue weighted by molar-refractivity contribution is 8.14. The first-order chi connectivity index (χ1) is 5.99. The maximum atomic E-state index is 5.11. The molecule has 0 aromatic carbocycles. The Balaban J connectivity index is 4.75. The molecule has 78 valence electrons.